The van der Waals surface area contributed by atoms with Gasteiger partial charge >= 0.3 is 0 Å². The van der Waals surface area contributed by atoms with E-state index in [0.717, 1.165) is 30.7 Å². The lowest BCUT2D eigenvalue weighted by atomic mass is 10.1. The summed E-state index contributed by atoms with van der Waals surface area (Å²) in [7, 11) is 0. The van der Waals surface area contributed by atoms with Crippen LogP contribution < -0.4 is 10.1 Å². The van der Waals surface area contributed by atoms with Gasteiger partial charge in [0, 0.05) is 6.04 Å². The zero-order valence-corrected chi connectivity index (χ0v) is 11.8. The van der Waals surface area contributed by atoms with E-state index in [1.807, 2.05) is 12.1 Å². The Morgan fingerprint density at radius 1 is 1.28 bits per heavy atom. The molecular weight excluding hydrogens is 222 g/mol. The van der Waals surface area contributed by atoms with Crippen LogP contribution in [0.1, 0.15) is 45.2 Å². The summed E-state index contributed by atoms with van der Waals surface area (Å²) in [6.45, 7) is 12.1. The number of rotatable bonds is 8. The number of hydrogen-bond acceptors (Lipinski definition) is 2. The van der Waals surface area contributed by atoms with Crippen molar-refractivity contribution in [1.29, 1.82) is 0 Å². The van der Waals surface area contributed by atoms with Crippen molar-refractivity contribution in [3.05, 3.63) is 42.0 Å². The quantitative estimate of drug-likeness (QED) is 0.699. The van der Waals surface area contributed by atoms with Gasteiger partial charge in [-0.2, -0.15) is 0 Å². The number of benzene rings is 1. The Kier molecular flexibility index (Phi) is 6.51. The zero-order valence-electron chi connectivity index (χ0n) is 11.8. The Bertz CT molecular complexity index is 356. The Labute approximate surface area is 111 Å². The second kappa shape index (κ2) is 7.93. The van der Waals surface area contributed by atoms with Gasteiger partial charge in [0.05, 0.1) is 0 Å². The molecule has 1 rings (SSSR count). The van der Waals surface area contributed by atoms with Gasteiger partial charge in [0.2, 0.25) is 0 Å². The van der Waals surface area contributed by atoms with Crippen molar-refractivity contribution in [3.8, 4) is 5.75 Å². The third kappa shape index (κ3) is 4.92. The molecule has 0 fully saturated rings. The standard InChI is InChI=1S/C16H25NO/c1-5-11-17-14(4)15-7-9-16(10-8-15)18-12-13(3)6-2/h7-10,14,17H,3,5-6,11-12H2,1-2,4H3. The van der Waals surface area contributed by atoms with Crippen molar-refractivity contribution in [2.75, 3.05) is 13.2 Å². The fourth-order valence-electron chi connectivity index (χ4n) is 1.62. The van der Waals surface area contributed by atoms with Crippen LogP contribution in [0.4, 0.5) is 0 Å². The summed E-state index contributed by atoms with van der Waals surface area (Å²) in [5.41, 5.74) is 2.42. The summed E-state index contributed by atoms with van der Waals surface area (Å²) >= 11 is 0. The molecule has 0 spiro atoms. The van der Waals surface area contributed by atoms with E-state index in [1.165, 1.54) is 5.56 Å². The van der Waals surface area contributed by atoms with Crippen LogP contribution in [0, 0.1) is 0 Å². The minimum Gasteiger partial charge on any atom is -0.489 e. The SMILES string of the molecule is C=C(CC)COc1ccc(C(C)NCCC)cc1. The van der Waals surface area contributed by atoms with E-state index in [1.54, 1.807) is 0 Å². The summed E-state index contributed by atoms with van der Waals surface area (Å²) in [5, 5.41) is 3.47. The molecule has 0 saturated carbocycles. The molecule has 0 aromatic heterocycles. The van der Waals surface area contributed by atoms with Gasteiger partial charge in [-0.25, -0.2) is 0 Å². The van der Waals surface area contributed by atoms with Crippen molar-refractivity contribution in [1.82, 2.24) is 5.32 Å². The van der Waals surface area contributed by atoms with Crippen molar-refractivity contribution in [2.45, 2.75) is 39.7 Å². The molecule has 2 nitrogen and oxygen atoms in total. The van der Waals surface area contributed by atoms with E-state index in [0.29, 0.717) is 12.6 Å². The van der Waals surface area contributed by atoms with Gasteiger partial charge in [-0.3, -0.25) is 0 Å². The minimum absolute atomic E-state index is 0.393. The third-order valence-corrected chi connectivity index (χ3v) is 3.02. The topological polar surface area (TPSA) is 21.3 Å². The highest BCUT2D eigenvalue weighted by Crippen LogP contribution is 2.18. The van der Waals surface area contributed by atoms with Crippen LogP contribution in [-0.2, 0) is 0 Å². The van der Waals surface area contributed by atoms with Gasteiger partial charge in [0.25, 0.3) is 0 Å². The Balaban J connectivity index is 2.49. The molecule has 0 aliphatic carbocycles. The van der Waals surface area contributed by atoms with E-state index in [2.05, 4.69) is 44.8 Å². The Morgan fingerprint density at radius 2 is 1.94 bits per heavy atom. The summed E-state index contributed by atoms with van der Waals surface area (Å²) in [6, 6.07) is 8.70. The van der Waals surface area contributed by atoms with Crippen LogP contribution >= 0.6 is 0 Å². The Morgan fingerprint density at radius 3 is 2.50 bits per heavy atom. The van der Waals surface area contributed by atoms with E-state index in [9.17, 15) is 0 Å². The largest absolute Gasteiger partial charge is 0.489 e. The predicted octanol–water partition coefficient (Wildman–Crippen LogP) is 4.09. The van der Waals surface area contributed by atoms with Gasteiger partial charge in [-0.05, 0) is 49.6 Å². The van der Waals surface area contributed by atoms with E-state index in [-0.39, 0.29) is 0 Å². The first-order valence-corrected chi connectivity index (χ1v) is 6.80. The lowest BCUT2D eigenvalue weighted by Crippen LogP contribution is -2.19. The molecular formula is C16H25NO. The normalized spacial score (nSPS) is 12.2. The van der Waals surface area contributed by atoms with Gasteiger partial charge in [0.15, 0.2) is 0 Å². The second-order valence-electron chi connectivity index (χ2n) is 4.64. The van der Waals surface area contributed by atoms with E-state index in [4.69, 9.17) is 4.74 Å². The fourth-order valence-corrected chi connectivity index (χ4v) is 1.62. The molecule has 18 heavy (non-hydrogen) atoms. The molecule has 0 bridgehead atoms. The summed E-state index contributed by atoms with van der Waals surface area (Å²) in [4.78, 5) is 0. The van der Waals surface area contributed by atoms with Crippen LogP contribution in [0.2, 0.25) is 0 Å². The average molecular weight is 247 g/mol. The maximum Gasteiger partial charge on any atom is 0.119 e. The minimum atomic E-state index is 0.393. The Hall–Kier alpha value is -1.28. The van der Waals surface area contributed by atoms with Gasteiger partial charge in [-0.15, -0.1) is 0 Å². The molecule has 1 unspecified atom stereocenters. The first-order valence-electron chi connectivity index (χ1n) is 6.80. The summed E-state index contributed by atoms with van der Waals surface area (Å²) < 4.78 is 5.65. The maximum atomic E-state index is 5.65. The first-order chi connectivity index (χ1) is 8.67. The van der Waals surface area contributed by atoms with Crippen molar-refractivity contribution in [3.63, 3.8) is 0 Å². The number of ether oxygens (including phenoxy) is 1. The fraction of sp³-hybridized carbons (Fsp3) is 0.500. The number of nitrogens with one attached hydrogen (secondary N) is 1. The highest BCUT2D eigenvalue weighted by Gasteiger charge is 2.04. The predicted molar refractivity (Wildman–Crippen MR) is 78.1 cm³/mol. The number of hydrogen-bond donors (Lipinski definition) is 1. The van der Waals surface area contributed by atoms with Crippen LogP contribution in [0.25, 0.3) is 0 Å². The third-order valence-electron chi connectivity index (χ3n) is 3.02. The van der Waals surface area contributed by atoms with Gasteiger partial charge in [-0.1, -0.05) is 32.6 Å². The molecule has 0 aliphatic heterocycles. The lowest BCUT2D eigenvalue weighted by Gasteiger charge is -2.14. The van der Waals surface area contributed by atoms with Crippen LogP contribution in [-0.4, -0.2) is 13.2 Å². The highest BCUT2D eigenvalue weighted by molar-refractivity contribution is 5.29. The van der Waals surface area contributed by atoms with Gasteiger partial charge in [0.1, 0.15) is 12.4 Å². The van der Waals surface area contributed by atoms with Crippen molar-refractivity contribution in [2.24, 2.45) is 0 Å². The average Bonchev–Trinajstić information content (AvgIpc) is 2.42. The molecule has 1 N–H and O–H groups in total. The lowest BCUT2D eigenvalue weighted by molar-refractivity contribution is 0.349. The monoisotopic (exact) mass is 247 g/mol. The molecule has 1 atom stereocenters. The van der Waals surface area contributed by atoms with Crippen molar-refractivity contribution < 1.29 is 4.74 Å². The zero-order chi connectivity index (χ0) is 13.4. The van der Waals surface area contributed by atoms with Gasteiger partial charge < -0.3 is 10.1 Å². The molecule has 0 amide bonds. The first kappa shape index (κ1) is 14.8. The summed E-state index contributed by atoms with van der Waals surface area (Å²) in [5.74, 6) is 0.913. The molecule has 100 valence electrons. The molecule has 0 heterocycles. The molecule has 1 aromatic rings. The van der Waals surface area contributed by atoms with Crippen LogP contribution in [0.15, 0.2) is 36.4 Å². The molecule has 2 heteroatoms. The molecule has 0 aliphatic rings. The summed E-state index contributed by atoms with van der Waals surface area (Å²) in [6.07, 6.45) is 2.13. The molecule has 0 radical (unpaired) electrons. The van der Waals surface area contributed by atoms with Crippen LogP contribution in [0.5, 0.6) is 5.75 Å². The smallest absolute Gasteiger partial charge is 0.119 e. The molecule has 0 saturated heterocycles. The molecule has 1 aromatic carbocycles. The van der Waals surface area contributed by atoms with E-state index >= 15 is 0 Å². The van der Waals surface area contributed by atoms with Crippen molar-refractivity contribution >= 4 is 0 Å². The second-order valence-corrected chi connectivity index (χ2v) is 4.64. The van der Waals surface area contributed by atoms with E-state index < -0.39 is 0 Å². The maximum absolute atomic E-state index is 5.65. The highest BCUT2D eigenvalue weighted by atomic mass is 16.5. The van der Waals surface area contributed by atoms with Crippen LogP contribution in [0.3, 0.4) is 0 Å².